The zero-order valence-corrected chi connectivity index (χ0v) is 8.17. The predicted molar refractivity (Wildman–Crippen MR) is 57.4 cm³/mol. The fourth-order valence-electron chi connectivity index (χ4n) is 1.06. The number of aromatic nitrogens is 1. The highest BCUT2D eigenvalue weighted by Crippen LogP contribution is 2.10. The predicted octanol–water partition coefficient (Wildman–Crippen LogP) is 3.45. The minimum Gasteiger partial charge on any atom is -0.245 e. The van der Waals surface area contributed by atoms with Crippen molar-refractivity contribution in [2.24, 2.45) is 0 Å². The van der Waals surface area contributed by atoms with Gasteiger partial charge in [-0.3, -0.25) is 0 Å². The Hall–Kier alpha value is -1.48. The molecule has 0 N–H and O–H groups in total. The smallest absolute Gasteiger partial charge is 0.123 e. The summed E-state index contributed by atoms with van der Waals surface area (Å²) >= 11 is 1.57. The van der Waals surface area contributed by atoms with Crippen LogP contribution in [-0.2, 0) is 0 Å². The summed E-state index contributed by atoms with van der Waals surface area (Å²) in [6.45, 7) is 0. The van der Waals surface area contributed by atoms with Crippen LogP contribution < -0.4 is 0 Å². The molecule has 70 valence electrons. The van der Waals surface area contributed by atoms with Crippen LogP contribution in [0.4, 0.5) is 4.39 Å². The monoisotopic (exact) mass is 205 g/mol. The van der Waals surface area contributed by atoms with E-state index in [1.165, 1.54) is 12.1 Å². The molecule has 1 heterocycles. The average Bonchev–Trinajstić information content (AvgIpc) is 2.70. The van der Waals surface area contributed by atoms with E-state index in [2.05, 4.69) is 4.98 Å². The number of thiazole rings is 1. The fraction of sp³-hybridized carbons (Fsp3) is 0. The molecule has 14 heavy (non-hydrogen) atoms. The largest absolute Gasteiger partial charge is 0.245 e. The van der Waals surface area contributed by atoms with Gasteiger partial charge in [0.15, 0.2) is 0 Å². The Kier molecular flexibility index (Phi) is 2.70. The van der Waals surface area contributed by atoms with Crippen molar-refractivity contribution in [1.29, 1.82) is 0 Å². The molecule has 0 aliphatic heterocycles. The van der Waals surface area contributed by atoms with E-state index < -0.39 is 0 Å². The normalized spacial score (nSPS) is 10.9. The summed E-state index contributed by atoms with van der Waals surface area (Å²) < 4.78 is 12.6. The number of hydrogen-bond acceptors (Lipinski definition) is 2. The molecular weight excluding hydrogens is 197 g/mol. The van der Waals surface area contributed by atoms with Gasteiger partial charge in [0.25, 0.3) is 0 Å². The Morgan fingerprint density at radius 2 is 1.93 bits per heavy atom. The Morgan fingerprint density at radius 1 is 1.14 bits per heavy atom. The van der Waals surface area contributed by atoms with E-state index in [9.17, 15) is 4.39 Å². The third kappa shape index (κ3) is 2.26. The van der Waals surface area contributed by atoms with Crippen LogP contribution in [0.1, 0.15) is 10.6 Å². The summed E-state index contributed by atoms with van der Waals surface area (Å²) in [4.78, 5) is 4.11. The molecule has 1 aromatic carbocycles. The molecule has 0 radical (unpaired) electrons. The lowest BCUT2D eigenvalue weighted by atomic mass is 10.2. The quantitative estimate of drug-likeness (QED) is 0.731. The second kappa shape index (κ2) is 4.15. The molecule has 0 atom stereocenters. The zero-order valence-electron chi connectivity index (χ0n) is 7.35. The first kappa shape index (κ1) is 9.09. The highest BCUT2D eigenvalue weighted by molar-refractivity contribution is 7.10. The fourth-order valence-corrected chi connectivity index (χ4v) is 1.59. The second-order valence-electron chi connectivity index (χ2n) is 2.76. The summed E-state index contributed by atoms with van der Waals surface area (Å²) in [5, 5.41) is 2.87. The van der Waals surface area contributed by atoms with Crippen LogP contribution in [0.25, 0.3) is 12.2 Å². The van der Waals surface area contributed by atoms with E-state index in [-0.39, 0.29) is 5.82 Å². The molecule has 0 aliphatic carbocycles. The van der Waals surface area contributed by atoms with Gasteiger partial charge in [0.1, 0.15) is 10.8 Å². The molecule has 3 heteroatoms. The summed E-state index contributed by atoms with van der Waals surface area (Å²) in [5.74, 6) is -0.212. The van der Waals surface area contributed by atoms with Crippen molar-refractivity contribution in [3.05, 3.63) is 52.2 Å². The minimum atomic E-state index is -0.212. The Labute approximate surface area is 85.6 Å². The van der Waals surface area contributed by atoms with Crippen LogP contribution in [0.3, 0.4) is 0 Å². The van der Waals surface area contributed by atoms with Crippen LogP contribution in [0.5, 0.6) is 0 Å². The number of rotatable bonds is 2. The first-order valence-corrected chi connectivity index (χ1v) is 5.06. The average molecular weight is 205 g/mol. The van der Waals surface area contributed by atoms with Gasteiger partial charge in [0.2, 0.25) is 0 Å². The first-order chi connectivity index (χ1) is 6.84. The summed E-state index contributed by atoms with van der Waals surface area (Å²) in [7, 11) is 0. The van der Waals surface area contributed by atoms with E-state index in [0.717, 1.165) is 10.6 Å². The van der Waals surface area contributed by atoms with Crippen LogP contribution in [0, 0.1) is 5.82 Å². The van der Waals surface area contributed by atoms with Crippen LogP contribution in [0.2, 0.25) is 0 Å². The molecule has 0 saturated carbocycles. The highest BCUT2D eigenvalue weighted by atomic mass is 32.1. The van der Waals surface area contributed by atoms with E-state index in [0.29, 0.717) is 0 Å². The maximum absolute atomic E-state index is 12.6. The minimum absolute atomic E-state index is 0.212. The van der Waals surface area contributed by atoms with Gasteiger partial charge < -0.3 is 0 Å². The van der Waals surface area contributed by atoms with Gasteiger partial charge in [-0.15, -0.1) is 11.3 Å². The lowest BCUT2D eigenvalue weighted by molar-refractivity contribution is 0.628. The molecule has 1 aromatic heterocycles. The summed E-state index contributed by atoms with van der Waals surface area (Å²) in [6.07, 6.45) is 5.59. The van der Waals surface area contributed by atoms with Crippen LogP contribution in [0.15, 0.2) is 35.8 Å². The SMILES string of the molecule is Fc1ccc(C=Cc2nccs2)cc1. The summed E-state index contributed by atoms with van der Waals surface area (Å²) in [5.41, 5.74) is 0.974. The molecule has 2 rings (SSSR count). The van der Waals surface area contributed by atoms with Crippen molar-refractivity contribution >= 4 is 23.5 Å². The number of benzene rings is 1. The molecule has 0 bridgehead atoms. The van der Waals surface area contributed by atoms with Crippen LogP contribution >= 0.6 is 11.3 Å². The van der Waals surface area contributed by atoms with Gasteiger partial charge in [-0.05, 0) is 23.8 Å². The Bertz CT molecular complexity index is 417. The van der Waals surface area contributed by atoms with Gasteiger partial charge in [-0.1, -0.05) is 18.2 Å². The molecule has 2 aromatic rings. The first-order valence-electron chi connectivity index (χ1n) is 4.18. The maximum atomic E-state index is 12.6. The second-order valence-corrected chi connectivity index (χ2v) is 3.68. The van der Waals surface area contributed by atoms with Crippen LogP contribution in [-0.4, -0.2) is 4.98 Å². The van der Waals surface area contributed by atoms with Gasteiger partial charge in [0.05, 0.1) is 0 Å². The van der Waals surface area contributed by atoms with Gasteiger partial charge in [0, 0.05) is 11.6 Å². The topological polar surface area (TPSA) is 12.9 Å². The lowest BCUT2D eigenvalue weighted by Crippen LogP contribution is -1.74. The van der Waals surface area contributed by atoms with Crippen molar-refractivity contribution in [3.63, 3.8) is 0 Å². The van der Waals surface area contributed by atoms with E-state index in [1.54, 1.807) is 29.7 Å². The number of nitrogens with zero attached hydrogens (tertiary/aromatic N) is 1. The Morgan fingerprint density at radius 3 is 2.57 bits per heavy atom. The molecule has 1 nitrogen and oxygen atoms in total. The van der Waals surface area contributed by atoms with E-state index in [1.807, 2.05) is 17.5 Å². The molecule has 0 unspecified atom stereocenters. The van der Waals surface area contributed by atoms with Gasteiger partial charge in [-0.2, -0.15) is 0 Å². The zero-order chi connectivity index (χ0) is 9.80. The standard InChI is InChI=1S/C11H8FNS/c12-10-4-1-9(2-5-10)3-6-11-13-7-8-14-11/h1-8H. The van der Waals surface area contributed by atoms with Crippen molar-refractivity contribution in [1.82, 2.24) is 4.98 Å². The summed E-state index contributed by atoms with van der Waals surface area (Å²) in [6, 6.07) is 6.36. The third-order valence-corrected chi connectivity index (χ3v) is 2.48. The highest BCUT2D eigenvalue weighted by Gasteiger charge is 1.90. The van der Waals surface area contributed by atoms with Gasteiger partial charge in [-0.25, -0.2) is 9.37 Å². The van der Waals surface area contributed by atoms with Crippen molar-refractivity contribution < 1.29 is 4.39 Å². The number of hydrogen-bond donors (Lipinski definition) is 0. The number of halogens is 1. The van der Waals surface area contributed by atoms with Gasteiger partial charge >= 0.3 is 0 Å². The molecule has 0 saturated heterocycles. The van der Waals surface area contributed by atoms with Crippen molar-refractivity contribution in [2.45, 2.75) is 0 Å². The maximum Gasteiger partial charge on any atom is 0.123 e. The van der Waals surface area contributed by atoms with E-state index >= 15 is 0 Å². The molecule has 0 fully saturated rings. The van der Waals surface area contributed by atoms with Crippen molar-refractivity contribution in [2.75, 3.05) is 0 Å². The third-order valence-electron chi connectivity index (χ3n) is 1.74. The molecular formula is C11H8FNS. The molecule has 0 aliphatic rings. The Balaban J connectivity index is 2.15. The van der Waals surface area contributed by atoms with Crippen molar-refractivity contribution in [3.8, 4) is 0 Å². The molecule has 0 spiro atoms. The lowest BCUT2D eigenvalue weighted by Gasteiger charge is -1.91. The molecule has 0 amide bonds. The van der Waals surface area contributed by atoms with E-state index in [4.69, 9.17) is 0 Å².